The largest absolute Gasteiger partial charge is 0.496 e. The number of pyridine rings is 2. The Hall–Kier alpha value is -4.93. The van der Waals surface area contributed by atoms with Crippen molar-refractivity contribution in [2.75, 3.05) is 12.8 Å². The molecule has 18 heteroatoms. The molecule has 4 N–H and O–H groups in total. The number of nitrogens with zero attached hydrogens (tertiary/aromatic N) is 4. The molecule has 1 aromatic carbocycles. The molecular weight excluding hydrogens is 628 g/mol. The van der Waals surface area contributed by atoms with Crippen LogP contribution in [0.4, 0.5) is 32.2 Å². The highest BCUT2D eigenvalue weighted by Crippen LogP contribution is 2.43. The molecule has 0 aliphatic carbocycles. The van der Waals surface area contributed by atoms with Gasteiger partial charge in [0.1, 0.15) is 28.9 Å². The van der Waals surface area contributed by atoms with Gasteiger partial charge in [0.05, 0.1) is 13.2 Å². The van der Waals surface area contributed by atoms with Gasteiger partial charge in [0.25, 0.3) is 0 Å². The highest BCUT2D eigenvalue weighted by molar-refractivity contribution is 6.32. The maximum Gasteiger partial charge on any atom is 0.490 e. The van der Waals surface area contributed by atoms with Gasteiger partial charge in [0.2, 0.25) is 0 Å². The van der Waals surface area contributed by atoms with Crippen LogP contribution in [-0.2, 0) is 9.59 Å². The number of anilines is 1. The normalized spacial score (nSPS) is 11.9. The van der Waals surface area contributed by atoms with Crippen molar-refractivity contribution >= 4 is 40.4 Å². The summed E-state index contributed by atoms with van der Waals surface area (Å²) in [6.07, 6.45) is -3.63. The molecule has 0 aliphatic rings. The zero-order chi connectivity index (χ0) is 33.6. The number of benzene rings is 1. The van der Waals surface area contributed by atoms with Gasteiger partial charge in [-0.2, -0.15) is 26.3 Å². The van der Waals surface area contributed by atoms with Crippen molar-refractivity contribution in [1.29, 1.82) is 0 Å². The summed E-state index contributed by atoms with van der Waals surface area (Å²) < 4.78 is 71.2. The third-order valence-corrected chi connectivity index (χ3v) is 6.14. The monoisotopic (exact) mass is 649 g/mol. The molecule has 0 amide bonds. The lowest BCUT2D eigenvalue weighted by Gasteiger charge is -2.24. The molecule has 236 valence electrons. The van der Waals surface area contributed by atoms with E-state index in [4.69, 9.17) is 41.9 Å². The molecule has 4 aromatic rings. The van der Waals surface area contributed by atoms with E-state index in [0.717, 1.165) is 22.3 Å². The van der Waals surface area contributed by atoms with E-state index in [9.17, 15) is 31.1 Å². The smallest absolute Gasteiger partial charge is 0.490 e. The van der Waals surface area contributed by atoms with Gasteiger partial charge >= 0.3 is 24.3 Å². The summed E-state index contributed by atoms with van der Waals surface area (Å²) >= 11 is 6.62. The van der Waals surface area contributed by atoms with E-state index in [1.54, 1.807) is 25.7 Å². The lowest BCUT2D eigenvalue weighted by Crippen LogP contribution is -2.21. The van der Waals surface area contributed by atoms with E-state index < -0.39 is 24.3 Å². The van der Waals surface area contributed by atoms with Gasteiger partial charge in [0, 0.05) is 46.4 Å². The van der Waals surface area contributed by atoms with Gasteiger partial charge in [-0.15, -0.1) is 0 Å². The van der Waals surface area contributed by atoms with E-state index in [-0.39, 0.29) is 22.7 Å². The van der Waals surface area contributed by atoms with Crippen LogP contribution in [0.25, 0.3) is 22.2 Å². The van der Waals surface area contributed by atoms with Crippen LogP contribution >= 0.6 is 11.6 Å². The van der Waals surface area contributed by atoms with Crippen LogP contribution in [0.2, 0.25) is 5.02 Å². The van der Waals surface area contributed by atoms with Crippen LogP contribution in [0.1, 0.15) is 24.1 Å². The molecule has 0 bridgehead atoms. The lowest BCUT2D eigenvalue weighted by molar-refractivity contribution is -0.193. The van der Waals surface area contributed by atoms with Crippen molar-refractivity contribution in [2.24, 2.45) is 0 Å². The average molecular weight is 650 g/mol. The Bertz CT molecular complexity index is 1690. The molecule has 0 aliphatic heterocycles. The van der Waals surface area contributed by atoms with Gasteiger partial charge in [0.15, 0.2) is 5.43 Å². The van der Waals surface area contributed by atoms with Crippen molar-refractivity contribution in [1.82, 2.24) is 19.5 Å². The van der Waals surface area contributed by atoms with E-state index >= 15 is 0 Å². The predicted molar refractivity (Wildman–Crippen MR) is 145 cm³/mol. The standard InChI is InChI=1S/C22H20ClN5O2.2C2HF3O2/c1-12-16(23)9-15(20(30-3)18(12)14-5-4-7-25-10-14)13(2)28-8-6-17(29)19-21(24)26-11-27-22(19)28;2*3-2(4,5)1(6)7/h4-11,13H,1-3H3,(H2,24,26,27);2*(H,6,7). The molecule has 44 heavy (non-hydrogen) atoms. The zero-order valence-electron chi connectivity index (χ0n) is 22.7. The third kappa shape index (κ3) is 8.33. The number of alkyl halides is 6. The number of rotatable bonds is 4. The Kier molecular flexibility index (Phi) is 11.2. The molecule has 4 rings (SSSR count). The minimum atomic E-state index is -5.08. The minimum absolute atomic E-state index is 0.150. The number of fused-ring (bicyclic) bond motifs is 1. The molecule has 0 fully saturated rings. The Balaban J connectivity index is 0.000000402. The number of hydrogen-bond donors (Lipinski definition) is 3. The fraction of sp³-hybridized carbons (Fsp3) is 0.231. The van der Waals surface area contributed by atoms with Crippen LogP contribution in [0.15, 0.2) is 54.0 Å². The van der Waals surface area contributed by atoms with Crippen molar-refractivity contribution in [3.8, 4) is 16.9 Å². The molecule has 11 nitrogen and oxygen atoms in total. The molecule has 3 aromatic heterocycles. The maximum absolute atomic E-state index is 12.3. The number of halogens is 7. The number of nitrogen functional groups attached to an aromatic ring is 1. The van der Waals surface area contributed by atoms with E-state index in [1.165, 1.54) is 12.4 Å². The lowest BCUT2D eigenvalue weighted by atomic mass is 9.94. The first-order valence-corrected chi connectivity index (χ1v) is 12.2. The fourth-order valence-electron chi connectivity index (χ4n) is 3.72. The number of methoxy groups -OCH3 is 1. The molecule has 3 heterocycles. The van der Waals surface area contributed by atoms with Crippen LogP contribution in [0.3, 0.4) is 0 Å². The summed E-state index contributed by atoms with van der Waals surface area (Å²) in [5.41, 5.74) is 9.69. The van der Waals surface area contributed by atoms with E-state index in [2.05, 4.69) is 15.0 Å². The quantitative estimate of drug-likeness (QED) is 0.247. The molecule has 0 saturated heterocycles. The van der Waals surface area contributed by atoms with E-state index in [0.29, 0.717) is 16.4 Å². The molecule has 0 saturated carbocycles. The Morgan fingerprint density at radius 1 is 1.07 bits per heavy atom. The number of carboxylic acids is 2. The number of aliphatic carboxylic acids is 2. The summed E-state index contributed by atoms with van der Waals surface area (Å²) in [7, 11) is 1.63. The van der Waals surface area contributed by atoms with Gasteiger partial charge < -0.3 is 25.3 Å². The first kappa shape index (κ1) is 35.3. The molecule has 1 atom stereocenters. The minimum Gasteiger partial charge on any atom is -0.496 e. The Labute approximate surface area is 248 Å². The molecule has 0 spiro atoms. The second-order valence-corrected chi connectivity index (χ2v) is 8.96. The maximum atomic E-state index is 12.3. The van der Waals surface area contributed by atoms with Crippen molar-refractivity contribution < 1.29 is 50.9 Å². The summed E-state index contributed by atoms with van der Waals surface area (Å²) in [6.45, 7) is 3.93. The molecule has 0 radical (unpaired) electrons. The SMILES string of the molecule is COc1c(C(C)n2ccc(=O)c3c(N)ncnc32)cc(Cl)c(C)c1-c1cccnc1.O=C(O)C(F)(F)F.O=C(O)C(F)(F)F. The van der Waals surface area contributed by atoms with Crippen LogP contribution in [0.5, 0.6) is 5.75 Å². The first-order chi connectivity index (χ1) is 20.3. The van der Waals surface area contributed by atoms with Gasteiger partial charge in [-0.1, -0.05) is 17.7 Å². The van der Waals surface area contributed by atoms with Crippen molar-refractivity contribution in [3.63, 3.8) is 0 Å². The van der Waals surface area contributed by atoms with Gasteiger partial charge in [-0.3, -0.25) is 9.78 Å². The predicted octanol–water partition coefficient (Wildman–Crippen LogP) is 5.28. The number of ether oxygens (including phenoxy) is 1. The summed E-state index contributed by atoms with van der Waals surface area (Å²) in [6, 6.07) is 6.92. The highest BCUT2D eigenvalue weighted by atomic mass is 35.5. The topological polar surface area (TPSA) is 171 Å². The zero-order valence-corrected chi connectivity index (χ0v) is 23.5. The van der Waals surface area contributed by atoms with Crippen molar-refractivity contribution in [2.45, 2.75) is 32.2 Å². The second kappa shape index (κ2) is 14.0. The number of aromatic nitrogens is 4. The van der Waals surface area contributed by atoms with Gasteiger partial charge in [-0.05, 0) is 31.5 Å². The number of nitrogens with two attached hydrogens (primary N) is 1. The van der Waals surface area contributed by atoms with Crippen molar-refractivity contribution in [3.05, 3.63) is 75.6 Å². The van der Waals surface area contributed by atoms with Crippen LogP contribution < -0.4 is 15.9 Å². The fourth-order valence-corrected chi connectivity index (χ4v) is 3.93. The number of carboxylic acid groups (broad SMARTS) is 2. The Morgan fingerprint density at radius 3 is 2.11 bits per heavy atom. The molecule has 1 unspecified atom stereocenters. The average Bonchev–Trinajstić information content (AvgIpc) is 2.94. The summed E-state index contributed by atoms with van der Waals surface area (Å²) in [5, 5.41) is 15.1. The Morgan fingerprint density at radius 2 is 1.64 bits per heavy atom. The number of hydrogen-bond acceptors (Lipinski definition) is 8. The van der Waals surface area contributed by atoms with Gasteiger partial charge in [-0.25, -0.2) is 19.6 Å². The van der Waals surface area contributed by atoms with Crippen LogP contribution in [0, 0.1) is 6.92 Å². The second-order valence-electron chi connectivity index (χ2n) is 8.55. The van der Waals surface area contributed by atoms with Crippen LogP contribution in [-0.4, -0.2) is 61.1 Å². The van der Waals surface area contributed by atoms with E-state index in [1.807, 2.05) is 36.6 Å². The summed E-state index contributed by atoms with van der Waals surface area (Å²) in [4.78, 5) is 42.6. The molecular formula is C26H22ClF6N5O6. The number of carbonyl (C=O) groups is 2. The third-order valence-electron chi connectivity index (χ3n) is 5.75. The summed E-state index contributed by atoms with van der Waals surface area (Å²) in [5.74, 6) is -4.68. The first-order valence-electron chi connectivity index (χ1n) is 11.8. The highest BCUT2D eigenvalue weighted by Gasteiger charge is 2.38.